The van der Waals surface area contributed by atoms with E-state index in [0.717, 1.165) is 12.1 Å². The lowest BCUT2D eigenvalue weighted by Crippen LogP contribution is -2.18. The highest BCUT2D eigenvalue weighted by Crippen LogP contribution is 2.35. The second-order valence-corrected chi connectivity index (χ2v) is 3.70. The van der Waals surface area contributed by atoms with Gasteiger partial charge in [0.25, 0.3) is 0 Å². The first-order chi connectivity index (χ1) is 7.86. The fourth-order valence-electron chi connectivity index (χ4n) is 1.57. The molecular weight excluding hydrogens is 274 g/mol. The molecule has 2 nitrogen and oxygen atoms in total. The summed E-state index contributed by atoms with van der Waals surface area (Å²) in [7, 11) is 0. The molecule has 0 fully saturated rings. The van der Waals surface area contributed by atoms with Crippen molar-refractivity contribution in [3.8, 4) is 0 Å². The third-order valence-corrected chi connectivity index (χ3v) is 2.39. The van der Waals surface area contributed by atoms with Crippen LogP contribution in [0.1, 0.15) is 30.0 Å². The average Bonchev–Trinajstić information content (AvgIpc) is 2.24. The van der Waals surface area contributed by atoms with Gasteiger partial charge in [0.05, 0.1) is 5.56 Å². The maximum absolute atomic E-state index is 12.9. The van der Waals surface area contributed by atoms with E-state index < -0.39 is 23.6 Å². The molecule has 0 bridgehead atoms. The van der Waals surface area contributed by atoms with Gasteiger partial charge in [-0.2, -0.15) is 13.2 Å². The summed E-state index contributed by atoms with van der Waals surface area (Å²) < 4.78 is 50.9. The van der Waals surface area contributed by atoms with E-state index in [4.69, 9.17) is 10.8 Å². The first-order valence-electron chi connectivity index (χ1n) is 5.09. The van der Waals surface area contributed by atoms with Crippen LogP contribution in [0.15, 0.2) is 18.2 Å². The molecule has 7 heteroatoms. The van der Waals surface area contributed by atoms with Gasteiger partial charge in [-0.15, -0.1) is 12.4 Å². The monoisotopic (exact) mass is 287 g/mol. The molecule has 0 spiro atoms. The minimum absolute atomic E-state index is 0. The number of hydrogen-bond donors (Lipinski definition) is 2. The zero-order valence-corrected chi connectivity index (χ0v) is 10.2. The summed E-state index contributed by atoms with van der Waals surface area (Å²) in [5.41, 5.74) is 4.37. The molecule has 1 atom stereocenters. The van der Waals surface area contributed by atoms with Gasteiger partial charge in [-0.05, 0) is 36.6 Å². The number of benzene rings is 1. The van der Waals surface area contributed by atoms with Gasteiger partial charge < -0.3 is 10.8 Å². The lowest BCUT2D eigenvalue weighted by molar-refractivity contribution is -0.138. The predicted octanol–water partition coefficient (Wildman–Crippen LogP) is 3.04. The maximum Gasteiger partial charge on any atom is 0.416 e. The van der Waals surface area contributed by atoms with Crippen LogP contribution in [0.2, 0.25) is 0 Å². The molecule has 0 saturated carbocycles. The van der Waals surface area contributed by atoms with E-state index in [0.29, 0.717) is 6.07 Å². The Morgan fingerprint density at radius 2 is 1.89 bits per heavy atom. The van der Waals surface area contributed by atoms with Crippen LogP contribution in [-0.4, -0.2) is 11.7 Å². The Labute approximate surface area is 108 Å². The van der Waals surface area contributed by atoms with E-state index in [9.17, 15) is 17.6 Å². The van der Waals surface area contributed by atoms with Crippen LogP contribution in [0.4, 0.5) is 17.6 Å². The van der Waals surface area contributed by atoms with Crippen molar-refractivity contribution in [1.82, 2.24) is 0 Å². The number of rotatable bonds is 4. The molecule has 0 amide bonds. The van der Waals surface area contributed by atoms with E-state index in [1.807, 2.05) is 0 Å². The third-order valence-electron chi connectivity index (χ3n) is 2.39. The van der Waals surface area contributed by atoms with Gasteiger partial charge in [-0.3, -0.25) is 0 Å². The van der Waals surface area contributed by atoms with Crippen molar-refractivity contribution >= 4 is 12.4 Å². The molecular formula is C11H14ClF4NO. The molecule has 1 aromatic rings. The molecule has 0 aliphatic rings. The highest BCUT2D eigenvalue weighted by Gasteiger charge is 2.34. The van der Waals surface area contributed by atoms with E-state index in [1.165, 1.54) is 0 Å². The molecule has 0 unspecified atom stereocenters. The number of alkyl halides is 3. The Morgan fingerprint density at radius 3 is 2.39 bits per heavy atom. The Morgan fingerprint density at radius 1 is 1.28 bits per heavy atom. The second-order valence-electron chi connectivity index (χ2n) is 3.70. The summed E-state index contributed by atoms with van der Waals surface area (Å²) in [6, 6.07) is 1.30. The van der Waals surface area contributed by atoms with Crippen LogP contribution in [0.5, 0.6) is 0 Å². The normalized spacial score (nSPS) is 13.0. The molecule has 0 aliphatic carbocycles. The summed E-state index contributed by atoms with van der Waals surface area (Å²) in [5.74, 6) is -0.757. The van der Waals surface area contributed by atoms with Crippen molar-refractivity contribution in [2.45, 2.75) is 25.1 Å². The lowest BCUT2D eigenvalue weighted by Gasteiger charge is -2.18. The molecule has 0 heterocycles. The fraction of sp³-hybridized carbons (Fsp3) is 0.455. The minimum Gasteiger partial charge on any atom is -0.396 e. The van der Waals surface area contributed by atoms with Crippen molar-refractivity contribution in [1.29, 1.82) is 0 Å². The van der Waals surface area contributed by atoms with E-state index >= 15 is 0 Å². The van der Waals surface area contributed by atoms with E-state index in [1.54, 1.807) is 0 Å². The van der Waals surface area contributed by atoms with Gasteiger partial charge in [0.1, 0.15) is 5.82 Å². The molecule has 1 rings (SSSR count). The van der Waals surface area contributed by atoms with Crippen LogP contribution in [0.25, 0.3) is 0 Å². The Balaban J connectivity index is 0.00000289. The van der Waals surface area contributed by atoms with Gasteiger partial charge >= 0.3 is 6.18 Å². The van der Waals surface area contributed by atoms with Crippen molar-refractivity contribution in [2.75, 3.05) is 6.61 Å². The minimum atomic E-state index is -4.56. The largest absolute Gasteiger partial charge is 0.416 e. The third kappa shape index (κ3) is 4.44. The predicted molar refractivity (Wildman–Crippen MR) is 61.9 cm³/mol. The molecule has 0 aliphatic heterocycles. The van der Waals surface area contributed by atoms with E-state index in [-0.39, 0.29) is 37.4 Å². The zero-order chi connectivity index (χ0) is 13.1. The van der Waals surface area contributed by atoms with Gasteiger partial charge in [0.15, 0.2) is 0 Å². The maximum atomic E-state index is 12.9. The lowest BCUT2D eigenvalue weighted by atomic mass is 9.97. The summed E-state index contributed by atoms with van der Waals surface area (Å²) in [5, 5.41) is 8.59. The summed E-state index contributed by atoms with van der Waals surface area (Å²) >= 11 is 0. The standard InChI is InChI=1S/C11H13F4NO.ClH/c12-7-3-4-9(11(13,14)15)8(6-7)10(16)2-1-5-17;/h3-4,6,10,17H,1-2,5,16H2;1H/t10-;/m1./s1. The van der Waals surface area contributed by atoms with Gasteiger partial charge in [0, 0.05) is 12.6 Å². The van der Waals surface area contributed by atoms with Crippen LogP contribution in [0, 0.1) is 5.82 Å². The van der Waals surface area contributed by atoms with Crippen molar-refractivity contribution < 1.29 is 22.7 Å². The molecule has 18 heavy (non-hydrogen) atoms. The number of aliphatic hydroxyl groups is 1. The van der Waals surface area contributed by atoms with Crippen LogP contribution < -0.4 is 5.73 Å². The van der Waals surface area contributed by atoms with Crippen LogP contribution >= 0.6 is 12.4 Å². The zero-order valence-electron chi connectivity index (χ0n) is 9.38. The quantitative estimate of drug-likeness (QED) is 0.836. The summed E-state index contributed by atoms with van der Waals surface area (Å²) in [6.45, 7) is -0.162. The van der Waals surface area contributed by atoms with Gasteiger partial charge in [-0.1, -0.05) is 0 Å². The van der Waals surface area contributed by atoms with Crippen molar-refractivity contribution in [3.63, 3.8) is 0 Å². The molecule has 1 aromatic carbocycles. The number of hydrogen-bond acceptors (Lipinski definition) is 2. The topological polar surface area (TPSA) is 46.2 Å². The van der Waals surface area contributed by atoms with E-state index in [2.05, 4.69) is 0 Å². The van der Waals surface area contributed by atoms with Crippen molar-refractivity contribution in [2.24, 2.45) is 5.73 Å². The molecule has 0 radical (unpaired) electrons. The second kappa shape index (κ2) is 6.92. The average molecular weight is 288 g/mol. The Hall–Kier alpha value is -0.850. The molecule has 3 N–H and O–H groups in total. The number of halogens is 5. The highest BCUT2D eigenvalue weighted by molar-refractivity contribution is 5.85. The molecule has 104 valence electrons. The summed E-state index contributed by atoms with van der Waals surface area (Å²) in [4.78, 5) is 0. The number of nitrogens with two attached hydrogens (primary N) is 1. The van der Waals surface area contributed by atoms with Gasteiger partial charge in [0.2, 0.25) is 0 Å². The SMILES string of the molecule is Cl.N[C@H](CCCO)c1cc(F)ccc1C(F)(F)F. The molecule has 0 aromatic heterocycles. The highest BCUT2D eigenvalue weighted by atomic mass is 35.5. The molecule has 0 saturated heterocycles. The first-order valence-corrected chi connectivity index (χ1v) is 5.09. The van der Waals surface area contributed by atoms with Crippen molar-refractivity contribution in [3.05, 3.63) is 35.1 Å². The summed E-state index contributed by atoms with van der Waals surface area (Å²) in [6.07, 6.45) is -4.11. The Bertz CT molecular complexity index is 384. The number of aliphatic hydroxyl groups excluding tert-OH is 1. The fourth-order valence-corrected chi connectivity index (χ4v) is 1.57. The Kier molecular flexibility index (Phi) is 6.59. The van der Waals surface area contributed by atoms with Crippen LogP contribution in [-0.2, 0) is 6.18 Å². The first kappa shape index (κ1) is 17.2. The van der Waals surface area contributed by atoms with Gasteiger partial charge in [-0.25, -0.2) is 4.39 Å². The van der Waals surface area contributed by atoms with Crippen LogP contribution in [0.3, 0.4) is 0 Å². The smallest absolute Gasteiger partial charge is 0.396 e.